The van der Waals surface area contributed by atoms with Gasteiger partial charge in [0.05, 0.1) is 17.7 Å². The molecule has 1 atom stereocenters. The number of hydrogen-bond donors (Lipinski definition) is 3. The van der Waals surface area contributed by atoms with E-state index in [0.29, 0.717) is 38.3 Å². The van der Waals surface area contributed by atoms with Gasteiger partial charge in [0.2, 0.25) is 0 Å². The van der Waals surface area contributed by atoms with E-state index in [-0.39, 0.29) is 12.6 Å². The van der Waals surface area contributed by atoms with Gasteiger partial charge >= 0.3 is 0 Å². The van der Waals surface area contributed by atoms with E-state index in [4.69, 9.17) is 15.2 Å². The molecule has 0 radical (unpaired) electrons. The molecule has 7 nitrogen and oxygen atoms in total. The van der Waals surface area contributed by atoms with E-state index in [2.05, 4.69) is 22.9 Å². The number of aryl methyl sites for hydroxylation is 1. The lowest BCUT2D eigenvalue weighted by Crippen LogP contribution is -2.32. The van der Waals surface area contributed by atoms with Crippen LogP contribution in [0.1, 0.15) is 36.3 Å². The van der Waals surface area contributed by atoms with Crippen LogP contribution in [0.15, 0.2) is 48.5 Å². The third kappa shape index (κ3) is 5.81. The zero-order valence-corrected chi connectivity index (χ0v) is 18.8. The number of carbonyl (C=O) groups is 1. The molecule has 0 spiro atoms. The van der Waals surface area contributed by atoms with Crippen LogP contribution in [0.4, 0.5) is 0 Å². The predicted octanol–water partition coefficient (Wildman–Crippen LogP) is 3.12. The number of benzene rings is 2. The molecule has 3 rings (SSSR count). The molecule has 3 aromatic rings. The Morgan fingerprint density at radius 3 is 2.59 bits per heavy atom. The van der Waals surface area contributed by atoms with Gasteiger partial charge in [-0.05, 0) is 44.5 Å². The number of nitrogens with one attached hydrogen (secondary N) is 1. The van der Waals surface area contributed by atoms with Crippen molar-refractivity contribution in [2.24, 2.45) is 5.73 Å². The van der Waals surface area contributed by atoms with Crippen LogP contribution in [0.5, 0.6) is 11.5 Å². The molecular weight excluding hydrogens is 406 g/mol. The average Bonchev–Trinajstić information content (AvgIpc) is 3.13. The quantitative estimate of drug-likeness (QED) is 0.356. The summed E-state index contributed by atoms with van der Waals surface area (Å²) < 4.78 is 13.6. The molecule has 32 heavy (non-hydrogen) atoms. The Bertz CT molecular complexity index is 1030. The lowest BCUT2D eigenvalue weighted by atomic mass is 10.1. The van der Waals surface area contributed by atoms with Gasteiger partial charge in [-0.1, -0.05) is 24.3 Å². The number of aliphatic hydroxyl groups excluding tert-OH is 1. The van der Waals surface area contributed by atoms with E-state index < -0.39 is 5.91 Å². The molecule has 4 N–H and O–H groups in total. The summed E-state index contributed by atoms with van der Waals surface area (Å²) in [5.74, 6) is 1.05. The van der Waals surface area contributed by atoms with Gasteiger partial charge in [0.1, 0.15) is 6.61 Å². The second kappa shape index (κ2) is 11.5. The number of aliphatic hydroxyl groups is 1. The van der Waals surface area contributed by atoms with Crippen LogP contribution >= 0.6 is 0 Å². The first-order chi connectivity index (χ1) is 15.5. The molecule has 1 aromatic heterocycles. The zero-order chi connectivity index (χ0) is 22.9. The van der Waals surface area contributed by atoms with Crippen molar-refractivity contribution in [3.05, 3.63) is 59.8 Å². The summed E-state index contributed by atoms with van der Waals surface area (Å²) in [5, 5.41) is 13.8. The highest BCUT2D eigenvalue weighted by molar-refractivity contribution is 6.05. The van der Waals surface area contributed by atoms with Gasteiger partial charge < -0.3 is 30.2 Å². The SMILES string of the molecule is CCOc1ccccc1OCCNC(C)Cc1cc2cccc(C(N)=O)c2n1CCCO. The molecule has 0 fully saturated rings. The van der Waals surface area contributed by atoms with Crippen LogP contribution in [0.3, 0.4) is 0 Å². The highest BCUT2D eigenvalue weighted by Gasteiger charge is 2.16. The fourth-order valence-electron chi connectivity index (χ4n) is 3.93. The van der Waals surface area contributed by atoms with Crippen molar-refractivity contribution in [3.8, 4) is 11.5 Å². The molecule has 1 unspecified atom stereocenters. The van der Waals surface area contributed by atoms with E-state index in [0.717, 1.165) is 34.5 Å². The maximum Gasteiger partial charge on any atom is 0.250 e. The first-order valence-electron chi connectivity index (χ1n) is 11.1. The molecule has 1 heterocycles. The largest absolute Gasteiger partial charge is 0.490 e. The first kappa shape index (κ1) is 23.6. The minimum Gasteiger partial charge on any atom is -0.490 e. The maximum atomic E-state index is 12.0. The maximum absolute atomic E-state index is 12.0. The van der Waals surface area contributed by atoms with Crippen molar-refractivity contribution in [3.63, 3.8) is 0 Å². The molecule has 0 saturated heterocycles. The van der Waals surface area contributed by atoms with Crippen LogP contribution in [0, 0.1) is 0 Å². The van der Waals surface area contributed by atoms with Gasteiger partial charge in [-0.25, -0.2) is 0 Å². The highest BCUT2D eigenvalue weighted by atomic mass is 16.5. The second-order valence-electron chi connectivity index (χ2n) is 7.76. The van der Waals surface area contributed by atoms with Crippen molar-refractivity contribution in [2.75, 3.05) is 26.4 Å². The minimum absolute atomic E-state index is 0.0895. The molecule has 0 bridgehead atoms. The molecule has 0 aliphatic rings. The number of ether oxygens (including phenoxy) is 2. The molecule has 1 amide bonds. The van der Waals surface area contributed by atoms with E-state index in [9.17, 15) is 9.90 Å². The lowest BCUT2D eigenvalue weighted by molar-refractivity contribution is 0.100. The number of para-hydroxylation sites is 3. The number of aromatic nitrogens is 1. The number of carbonyl (C=O) groups excluding carboxylic acids is 1. The van der Waals surface area contributed by atoms with Gasteiger partial charge in [-0.2, -0.15) is 0 Å². The van der Waals surface area contributed by atoms with Crippen molar-refractivity contribution in [2.45, 2.75) is 39.3 Å². The number of rotatable bonds is 13. The predicted molar refractivity (Wildman–Crippen MR) is 126 cm³/mol. The Hall–Kier alpha value is -3.03. The van der Waals surface area contributed by atoms with Crippen molar-refractivity contribution in [1.82, 2.24) is 9.88 Å². The van der Waals surface area contributed by atoms with Crippen molar-refractivity contribution >= 4 is 16.8 Å². The Labute approximate surface area is 189 Å². The zero-order valence-electron chi connectivity index (χ0n) is 18.8. The Morgan fingerprint density at radius 2 is 1.91 bits per heavy atom. The summed E-state index contributed by atoms with van der Waals surface area (Å²) in [7, 11) is 0. The first-order valence-corrected chi connectivity index (χ1v) is 11.1. The number of nitrogens with two attached hydrogens (primary N) is 1. The number of amides is 1. The summed E-state index contributed by atoms with van der Waals surface area (Å²) in [4.78, 5) is 12.0. The molecular formula is C25H33N3O4. The number of fused-ring (bicyclic) bond motifs is 1. The van der Waals surface area contributed by atoms with Crippen LogP contribution in [-0.2, 0) is 13.0 Å². The lowest BCUT2D eigenvalue weighted by Gasteiger charge is -2.17. The van der Waals surface area contributed by atoms with Crippen molar-refractivity contribution < 1.29 is 19.4 Å². The monoisotopic (exact) mass is 439 g/mol. The molecule has 0 aliphatic heterocycles. The fraction of sp³-hybridized carbons (Fsp3) is 0.400. The van der Waals surface area contributed by atoms with Gasteiger partial charge in [0, 0.05) is 43.2 Å². The van der Waals surface area contributed by atoms with E-state index in [1.54, 1.807) is 6.07 Å². The minimum atomic E-state index is -0.443. The summed E-state index contributed by atoms with van der Waals surface area (Å²) in [6.45, 7) is 6.59. The average molecular weight is 440 g/mol. The van der Waals surface area contributed by atoms with E-state index in [1.165, 1.54) is 0 Å². The normalized spacial score (nSPS) is 12.1. The summed E-state index contributed by atoms with van der Waals surface area (Å²) in [6.07, 6.45) is 1.38. The Kier molecular flexibility index (Phi) is 8.53. The summed E-state index contributed by atoms with van der Waals surface area (Å²) in [5.41, 5.74) is 8.06. The van der Waals surface area contributed by atoms with Gasteiger partial charge in [0.25, 0.3) is 5.91 Å². The molecule has 0 aliphatic carbocycles. The topological polar surface area (TPSA) is 98.7 Å². The molecule has 0 saturated carbocycles. The molecule has 2 aromatic carbocycles. The van der Waals surface area contributed by atoms with Crippen LogP contribution in [0.2, 0.25) is 0 Å². The summed E-state index contributed by atoms with van der Waals surface area (Å²) in [6, 6.07) is 15.6. The van der Waals surface area contributed by atoms with Crippen LogP contribution in [0.25, 0.3) is 10.9 Å². The summed E-state index contributed by atoms with van der Waals surface area (Å²) >= 11 is 0. The molecule has 172 valence electrons. The Morgan fingerprint density at radius 1 is 1.16 bits per heavy atom. The van der Waals surface area contributed by atoms with Gasteiger partial charge in [-0.15, -0.1) is 0 Å². The highest BCUT2D eigenvalue weighted by Crippen LogP contribution is 2.26. The number of nitrogens with zero attached hydrogens (tertiary/aromatic N) is 1. The van der Waals surface area contributed by atoms with Crippen LogP contribution < -0.4 is 20.5 Å². The van der Waals surface area contributed by atoms with Gasteiger partial charge in [-0.3, -0.25) is 4.79 Å². The van der Waals surface area contributed by atoms with Crippen LogP contribution in [-0.4, -0.2) is 48.0 Å². The third-order valence-corrected chi connectivity index (χ3v) is 5.33. The van der Waals surface area contributed by atoms with Crippen molar-refractivity contribution in [1.29, 1.82) is 0 Å². The number of hydrogen-bond acceptors (Lipinski definition) is 5. The second-order valence-corrected chi connectivity index (χ2v) is 7.76. The fourth-order valence-corrected chi connectivity index (χ4v) is 3.93. The standard InChI is InChI=1S/C25H33N3O4/c1-3-31-22-10-4-5-11-23(22)32-15-12-27-18(2)16-20-17-19-8-6-9-21(25(26)30)24(19)28(20)13-7-14-29/h4-6,8-11,17-18,27,29H,3,7,12-16H2,1-2H3,(H2,26,30). The Balaban J connectivity index is 1.64. The van der Waals surface area contributed by atoms with E-state index >= 15 is 0 Å². The molecule has 7 heteroatoms. The third-order valence-electron chi connectivity index (χ3n) is 5.33. The number of primary amides is 1. The van der Waals surface area contributed by atoms with Gasteiger partial charge in [0.15, 0.2) is 11.5 Å². The van der Waals surface area contributed by atoms with E-state index in [1.807, 2.05) is 43.3 Å². The smallest absolute Gasteiger partial charge is 0.250 e.